The maximum absolute atomic E-state index is 10.5. The van der Waals surface area contributed by atoms with E-state index < -0.39 is 4.92 Å². The molecule has 2 unspecified atom stereocenters. The maximum atomic E-state index is 10.5. The lowest BCUT2D eigenvalue weighted by Crippen LogP contribution is -2.05. The van der Waals surface area contributed by atoms with E-state index in [0.29, 0.717) is 17.4 Å². The van der Waals surface area contributed by atoms with Gasteiger partial charge in [0.25, 0.3) is 5.70 Å². The van der Waals surface area contributed by atoms with Crippen LogP contribution < -0.4 is 0 Å². The largest absolute Gasteiger partial charge is 0.266 e. The highest BCUT2D eigenvalue weighted by atomic mass is 35.5. The summed E-state index contributed by atoms with van der Waals surface area (Å²) in [6.07, 6.45) is 3.80. The van der Waals surface area contributed by atoms with E-state index in [4.69, 9.17) is 11.6 Å². The Balaban J connectivity index is 2.96. The monoisotopic (exact) mass is 201 g/mol. The molecule has 0 amide bonds. The molecule has 13 heavy (non-hydrogen) atoms. The van der Waals surface area contributed by atoms with Gasteiger partial charge in [-0.25, -0.2) is 0 Å². The van der Waals surface area contributed by atoms with Crippen LogP contribution in [0.3, 0.4) is 0 Å². The van der Waals surface area contributed by atoms with Gasteiger partial charge in [-0.05, 0) is 24.3 Å². The van der Waals surface area contributed by atoms with Crippen LogP contribution in [-0.2, 0) is 0 Å². The summed E-state index contributed by atoms with van der Waals surface area (Å²) in [5.41, 5.74) is 0.112. The number of allylic oxidation sites excluding steroid dienone is 3. The van der Waals surface area contributed by atoms with Crippen molar-refractivity contribution in [2.24, 2.45) is 11.8 Å². The third-order valence-electron chi connectivity index (χ3n) is 2.48. The van der Waals surface area contributed by atoms with Crippen molar-refractivity contribution < 1.29 is 4.92 Å². The highest BCUT2D eigenvalue weighted by Crippen LogP contribution is 2.30. The van der Waals surface area contributed by atoms with Gasteiger partial charge in [0, 0.05) is 11.1 Å². The van der Waals surface area contributed by atoms with Crippen LogP contribution in [0.2, 0.25) is 0 Å². The van der Waals surface area contributed by atoms with Crippen LogP contribution in [0.15, 0.2) is 22.9 Å². The summed E-state index contributed by atoms with van der Waals surface area (Å²) in [7, 11) is 0. The Morgan fingerprint density at radius 2 is 2.23 bits per heavy atom. The molecule has 0 saturated carbocycles. The molecule has 0 radical (unpaired) electrons. The van der Waals surface area contributed by atoms with Crippen molar-refractivity contribution in [3.63, 3.8) is 0 Å². The van der Waals surface area contributed by atoms with E-state index in [2.05, 4.69) is 0 Å². The van der Waals surface area contributed by atoms with Crippen LogP contribution in [-0.4, -0.2) is 4.92 Å². The minimum atomic E-state index is -0.396. The number of nitro groups is 1. The Morgan fingerprint density at radius 3 is 2.77 bits per heavy atom. The smallest absolute Gasteiger partial charge is 0.258 e. The quantitative estimate of drug-likeness (QED) is 0.484. The molecule has 1 aliphatic rings. The van der Waals surface area contributed by atoms with E-state index >= 15 is 0 Å². The second kappa shape index (κ2) is 3.92. The second-order valence-electron chi connectivity index (χ2n) is 3.42. The molecule has 0 aliphatic heterocycles. The van der Waals surface area contributed by atoms with E-state index in [0.717, 1.165) is 0 Å². The minimum Gasteiger partial charge on any atom is -0.258 e. The highest BCUT2D eigenvalue weighted by Gasteiger charge is 2.21. The molecule has 0 saturated heterocycles. The molecule has 0 spiro atoms. The SMILES string of the molecule is CC1CC=C([N+](=O)[O-])C=C(Cl)C1C. The Kier molecular flexibility index (Phi) is 3.09. The molecule has 3 nitrogen and oxygen atoms in total. The van der Waals surface area contributed by atoms with Gasteiger partial charge in [-0.2, -0.15) is 0 Å². The maximum Gasteiger partial charge on any atom is 0.266 e. The highest BCUT2D eigenvalue weighted by molar-refractivity contribution is 6.30. The average molecular weight is 202 g/mol. The van der Waals surface area contributed by atoms with Gasteiger partial charge in [-0.15, -0.1) is 0 Å². The molecule has 0 bridgehead atoms. The van der Waals surface area contributed by atoms with Crippen LogP contribution in [0.4, 0.5) is 0 Å². The summed E-state index contributed by atoms with van der Waals surface area (Å²) < 4.78 is 0. The van der Waals surface area contributed by atoms with Gasteiger partial charge in [0.05, 0.1) is 4.92 Å². The zero-order valence-corrected chi connectivity index (χ0v) is 8.41. The first-order valence-electron chi connectivity index (χ1n) is 4.24. The Labute approximate surface area is 82.2 Å². The first-order valence-corrected chi connectivity index (χ1v) is 4.61. The van der Waals surface area contributed by atoms with Crippen LogP contribution in [0, 0.1) is 22.0 Å². The summed E-state index contributed by atoms with van der Waals surface area (Å²) >= 11 is 5.92. The molecule has 0 aromatic rings. The van der Waals surface area contributed by atoms with Gasteiger partial charge in [0.1, 0.15) is 0 Å². The molecule has 0 heterocycles. The molecule has 1 aliphatic carbocycles. The number of hydrogen-bond donors (Lipinski definition) is 0. The standard InChI is InChI=1S/C9H12ClNO2/c1-6-3-4-8(11(12)13)5-9(10)7(6)2/h4-7H,3H2,1-2H3. The zero-order chi connectivity index (χ0) is 10.0. The Bertz CT molecular complexity index is 283. The van der Waals surface area contributed by atoms with Gasteiger partial charge >= 0.3 is 0 Å². The molecule has 4 heteroatoms. The van der Waals surface area contributed by atoms with Gasteiger partial charge < -0.3 is 0 Å². The van der Waals surface area contributed by atoms with Crippen molar-refractivity contribution in [3.8, 4) is 0 Å². The molecule has 2 atom stereocenters. The summed E-state index contributed by atoms with van der Waals surface area (Å²) in [6.45, 7) is 4.03. The number of rotatable bonds is 1. The van der Waals surface area contributed by atoms with E-state index in [1.54, 1.807) is 6.08 Å². The van der Waals surface area contributed by atoms with Crippen molar-refractivity contribution in [2.75, 3.05) is 0 Å². The second-order valence-corrected chi connectivity index (χ2v) is 3.85. The Hall–Kier alpha value is -0.830. The number of halogens is 1. The van der Waals surface area contributed by atoms with Crippen LogP contribution >= 0.6 is 11.6 Å². The van der Waals surface area contributed by atoms with Crippen molar-refractivity contribution in [1.82, 2.24) is 0 Å². The van der Waals surface area contributed by atoms with E-state index in [1.165, 1.54) is 6.08 Å². The first-order chi connectivity index (χ1) is 6.02. The molecular formula is C9H12ClNO2. The number of hydrogen-bond acceptors (Lipinski definition) is 2. The van der Waals surface area contributed by atoms with Crippen LogP contribution in [0.25, 0.3) is 0 Å². The van der Waals surface area contributed by atoms with Crippen molar-refractivity contribution in [1.29, 1.82) is 0 Å². The summed E-state index contributed by atoms with van der Waals surface area (Å²) in [4.78, 5) is 10.1. The lowest BCUT2D eigenvalue weighted by molar-refractivity contribution is -0.419. The van der Waals surface area contributed by atoms with Crippen LogP contribution in [0.1, 0.15) is 20.3 Å². The normalized spacial score (nSPS) is 28.8. The molecule has 0 aromatic carbocycles. The molecule has 0 N–H and O–H groups in total. The van der Waals surface area contributed by atoms with Gasteiger partial charge in [-0.3, -0.25) is 10.1 Å². The van der Waals surface area contributed by atoms with Gasteiger partial charge in [0.2, 0.25) is 0 Å². The van der Waals surface area contributed by atoms with Gasteiger partial charge in [-0.1, -0.05) is 25.4 Å². The minimum absolute atomic E-state index is 0.112. The lowest BCUT2D eigenvalue weighted by Gasteiger charge is -2.14. The topological polar surface area (TPSA) is 43.1 Å². The summed E-state index contributed by atoms with van der Waals surface area (Å²) in [6, 6.07) is 0. The molecule has 0 fully saturated rings. The van der Waals surface area contributed by atoms with E-state index in [1.807, 2.05) is 13.8 Å². The lowest BCUT2D eigenvalue weighted by atomic mass is 9.94. The van der Waals surface area contributed by atoms with Gasteiger partial charge in [0.15, 0.2) is 0 Å². The first kappa shape index (κ1) is 10.3. The molecular weight excluding hydrogens is 190 g/mol. The van der Waals surface area contributed by atoms with Crippen molar-refractivity contribution >= 4 is 11.6 Å². The molecule has 72 valence electrons. The summed E-state index contributed by atoms with van der Waals surface area (Å²) in [5.74, 6) is 0.566. The van der Waals surface area contributed by atoms with Crippen LogP contribution in [0.5, 0.6) is 0 Å². The molecule has 0 aromatic heterocycles. The van der Waals surface area contributed by atoms with Crippen molar-refractivity contribution in [3.05, 3.63) is 33.0 Å². The Morgan fingerprint density at radius 1 is 1.62 bits per heavy atom. The molecule has 1 rings (SSSR count). The predicted molar refractivity (Wildman–Crippen MR) is 52.0 cm³/mol. The zero-order valence-electron chi connectivity index (χ0n) is 7.66. The summed E-state index contributed by atoms with van der Waals surface area (Å²) in [5, 5.41) is 11.1. The average Bonchev–Trinajstić information content (AvgIpc) is 2.19. The predicted octanol–water partition coefficient (Wildman–Crippen LogP) is 2.95. The third kappa shape index (κ3) is 2.31. The fraction of sp³-hybridized carbons (Fsp3) is 0.556. The third-order valence-corrected chi connectivity index (χ3v) is 2.94. The van der Waals surface area contributed by atoms with E-state index in [9.17, 15) is 10.1 Å². The fourth-order valence-electron chi connectivity index (χ4n) is 1.24. The van der Waals surface area contributed by atoms with E-state index in [-0.39, 0.29) is 11.6 Å². The van der Waals surface area contributed by atoms with Crippen molar-refractivity contribution in [2.45, 2.75) is 20.3 Å². The number of nitrogens with zero attached hydrogens (tertiary/aromatic N) is 1. The fourth-order valence-corrected chi connectivity index (χ4v) is 1.57.